The number of halogens is 2. The summed E-state index contributed by atoms with van der Waals surface area (Å²) in [6, 6.07) is 5.49. The van der Waals surface area contributed by atoms with E-state index < -0.39 is 12.2 Å². The maximum absolute atomic E-state index is 12.5. The Morgan fingerprint density at radius 3 is 2.59 bits per heavy atom. The SMILES string of the molecule is Cc1cc(C2CCC3(C2)CN(C(=O)C2CC(C)(O)C2)C3)ccc1OC(F)F. The fourth-order valence-corrected chi connectivity index (χ4v) is 5.29. The molecule has 1 aliphatic heterocycles. The van der Waals surface area contributed by atoms with Gasteiger partial charge in [0.05, 0.1) is 5.60 Å². The average Bonchev–Trinajstić information content (AvgIpc) is 2.97. The zero-order valence-electron chi connectivity index (χ0n) is 15.9. The molecule has 1 aromatic carbocycles. The van der Waals surface area contributed by atoms with Crippen LogP contribution in [0.2, 0.25) is 0 Å². The number of hydrogen-bond acceptors (Lipinski definition) is 3. The Labute approximate surface area is 158 Å². The van der Waals surface area contributed by atoms with Gasteiger partial charge in [-0.05, 0) is 69.1 Å². The highest BCUT2D eigenvalue weighted by Crippen LogP contribution is 2.53. The molecule has 1 aromatic rings. The highest BCUT2D eigenvalue weighted by molar-refractivity contribution is 5.81. The molecule has 1 atom stereocenters. The predicted molar refractivity (Wildman–Crippen MR) is 96.8 cm³/mol. The molecule has 1 N–H and O–H groups in total. The van der Waals surface area contributed by atoms with E-state index in [2.05, 4.69) is 4.74 Å². The summed E-state index contributed by atoms with van der Waals surface area (Å²) in [5.74, 6) is 0.823. The summed E-state index contributed by atoms with van der Waals surface area (Å²) in [6.45, 7) is 2.40. The second-order valence-electron chi connectivity index (χ2n) is 9.14. The van der Waals surface area contributed by atoms with Crippen molar-refractivity contribution in [2.24, 2.45) is 11.3 Å². The molecule has 0 aromatic heterocycles. The second-order valence-corrected chi connectivity index (χ2v) is 9.14. The number of hydrogen-bond donors (Lipinski definition) is 1. The minimum atomic E-state index is -2.80. The summed E-state index contributed by atoms with van der Waals surface area (Å²) in [4.78, 5) is 14.4. The highest BCUT2D eigenvalue weighted by atomic mass is 19.3. The second kappa shape index (κ2) is 6.43. The fourth-order valence-electron chi connectivity index (χ4n) is 5.29. The average molecular weight is 379 g/mol. The Morgan fingerprint density at radius 2 is 2.00 bits per heavy atom. The van der Waals surface area contributed by atoms with E-state index in [0.29, 0.717) is 18.8 Å². The first-order valence-electron chi connectivity index (χ1n) is 9.73. The number of amides is 1. The summed E-state index contributed by atoms with van der Waals surface area (Å²) in [5.41, 5.74) is 1.44. The zero-order valence-corrected chi connectivity index (χ0v) is 15.9. The Morgan fingerprint density at radius 1 is 1.30 bits per heavy atom. The third-order valence-corrected chi connectivity index (χ3v) is 6.67. The third kappa shape index (κ3) is 3.56. The van der Waals surface area contributed by atoms with Gasteiger partial charge in [0.15, 0.2) is 0 Å². The van der Waals surface area contributed by atoms with Crippen molar-refractivity contribution in [3.63, 3.8) is 0 Å². The van der Waals surface area contributed by atoms with Crippen LogP contribution >= 0.6 is 0 Å². The van der Waals surface area contributed by atoms with Crippen LogP contribution in [0.3, 0.4) is 0 Å². The molecule has 4 rings (SSSR count). The lowest BCUT2D eigenvalue weighted by atomic mass is 9.69. The van der Waals surface area contributed by atoms with Crippen molar-refractivity contribution in [2.45, 2.75) is 64.1 Å². The van der Waals surface area contributed by atoms with E-state index in [-0.39, 0.29) is 23.0 Å². The van der Waals surface area contributed by atoms with Crippen molar-refractivity contribution in [3.05, 3.63) is 29.3 Å². The summed E-state index contributed by atoms with van der Waals surface area (Å²) in [7, 11) is 0. The standard InChI is InChI=1S/C21H27F2NO3/c1-13-7-14(3-4-17(13)27-19(22)23)15-5-6-21(10-15)11-24(12-21)18(25)16-8-20(2,26)9-16/h3-4,7,15-16,19,26H,5-6,8-12H2,1-2H3. The molecule has 6 heteroatoms. The Balaban J connectivity index is 1.33. The number of carbonyl (C=O) groups is 1. The molecule has 0 radical (unpaired) electrons. The maximum Gasteiger partial charge on any atom is 0.387 e. The van der Waals surface area contributed by atoms with Crippen LogP contribution in [-0.4, -0.2) is 41.2 Å². The van der Waals surface area contributed by atoms with E-state index >= 15 is 0 Å². The lowest BCUT2D eigenvalue weighted by molar-refractivity contribution is -0.161. The van der Waals surface area contributed by atoms with Crippen LogP contribution in [0.4, 0.5) is 8.78 Å². The number of alkyl halides is 2. The van der Waals surface area contributed by atoms with Gasteiger partial charge in [-0.3, -0.25) is 4.79 Å². The minimum absolute atomic E-state index is 0.0143. The van der Waals surface area contributed by atoms with Crippen LogP contribution < -0.4 is 4.74 Å². The molecule has 1 saturated heterocycles. The molecular weight excluding hydrogens is 352 g/mol. The molecule has 4 nitrogen and oxygen atoms in total. The quantitative estimate of drug-likeness (QED) is 0.864. The first kappa shape index (κ1) is 18.7. The van der Waals surface area contributed by atoms with Gasteiger partial charge in [0, 0.05) is 24.4 Å². The molecule has 27 heavy (non-hydrogen) atoms. The van der Waals surface area contributed by atoms with Gasteiger partial charge in [0.2, 0.25) is 5.91 Å². The number of aliphatic hydroxyl groups is 1. The van der Waals surface area contributed by atoms with Gasteiger partial charge in [0.25, 0.3) is 0 Å². The van der Waals surface area contributed by atoms with Gasteiger partial charge in [-0.25, -0.2) is 0 Å². The van der Waals surface area contributed by atoms with E-state index in [1.165, 1.54) is 5.56 Å². The Bertz CT molecular complexity index is 735. The van der Waals surface area contributed by atoms with Crippen molar-refractivity contribution in [1.29, 1.82) is 0 Å². The van der Waals surface area contributed by atoms with Crippen LogP contribution in [0.25, 0.3) is 0 Å². The number of ether oxygens (including phenoxy) is 1. The lowest BCUT2D eigenvalue weighted by Gasteiger charge is -2.52. The molecule has 1 unspecified atom stereocenters. The number of aryl methyl sites for hydroxylation is 1. The molecule has 2 saturated carbocycles. The van der Waals surface area contributed by atoms with Gasteiger partial charge < -0.3 is 14.7 Å². The fraction of sp³-hybridized carbons (Fsp3) is 0.667. The van der Waals surface area contributed by atoms with Gasteiger partial charge >= 0.3 is 6.61 Å². The van der Waals surface area contributed by atoms with Crippen LogP contribution in [-0.2, 0) is 4.79 Å². The summed E-state index contributed by atoms with van der Waals surface area (Å²) >= 11 is 0. The molecule has 0 bridgehead atoms. The van der Waals surface area contributed by atoms with E-state index in [1.807, 2.05) is 17.0 Å². The van der Waals surface area contributed by atoms with Gasteiger partial charge in [-0.1, -0.05) is 12.1 Å². The highest BCUT2D eigenvalue weighted by Gasteiger charge is 2.53. The van der Waals surface area contributed by atoms with Crippen molar-refractivity contribution in [1.82, 2.24) is 4.90 Å². The molecule has 1 spiro atoms. The number of carbonyl (C=O) groups excluding carboxylic acids is 1. The molecule has 2 aliphatic carbocycles. The molecular formula is C21H27F2NO3. The van der Waals surface area contributed by atoms with Crippen molar-refractivity contribution in [3.8, 4) is 5.75 Å². The lowest BCUT2D eigenvalue weighted by Crippen LogP contribution is -2.61. The van der Waals surface area contributed by atoms with Crippen LogP contribution in [0.15, 0.2) is 18.2 Å². The van der Waals surface area contributed by atoms with Gasteiger partial charge in [-0.2, -0.15) is 8.78 Å². The smallest absolute Gasteiger partial charge is 0.387 e. The van der Waals surface area contributed by atoms with Crippen LogP contribution in [0, 0.1) is 18.3 Å². The third-order valence-electron chi connectivity index (χ3n) is 6.67. The van der Waals surface area contributed by atoms with E-state index in [9.17, 15) is 18.7 Å². The first-order valence-corrected chi connectivity index (χ1v) is 9.73. The predicted octanol–water partition coefficient (Wildman–Crippen LogP) is 3.85. The molecule has 148 valence electrons. The monoisotopic (exact) mass is 379 g/mol. The summed E-state index contributed by atoms with van der Waals surface area (Å²) in [5, 5.41) is 9.84. The van der Waals surface area contributed by atoms with Gasteiger partial charge in [0.1, 0.15) is 5.75 Å². The first-order chi connectivity index (χ1) is 12.7. The summed E-state index contributed by atoms with van der Waals surface area (Å²) < 4.78 is 29.4. The Hall–Kier alpha value is -1.69. The topological polar surface area (TPSA) is 49.8 Å². The molecule has 1 amide bonds. The number of rotatable bonds is 4. The molecule has 1 heterocycles. The Kier molecular flexibility index (Phi) is 4.45. The summed E-state index contributed by atoms with van der Waals surface area (Å²) in [6.07, 6.45) is 4.34. The van der Waals surface area contributed by atoms with E-state index in [4.69, 9.17) is 0 Å². The minimum Gasteiger partial charge on any atom is -0.435 e. The number of nitrogens with zero attached hydrogens (tertiary/aromatic N) is 1. The molecule has 3 fully saturated rings. The van der Waals surface area contributed by atoms with Crippen molar-refractivity contribution >= 4 is 5.91 Å². The van der Waals surface area contributed by atoms with Crippen molar-refractivity contribution < 1.29 is 23.4 Å². The van der Waals surface area contributed by atoms with E-state index in [1.54, 1.807) is 19.9 Å². The number of benzene rings is 1. The van der Waals surface area contributed by atoms with Crippen molar-refractivity contribution in [2.75, 3.05) is 13.1 Å². The maximum atomic E-state index is 12.5. The van der Waals surface area contributed by atoms with Crippen LogP contribution in [0.5, 0.6) is 5.75 Å². The van der Waals surface area contributed by atoms with Gasteiger partial charge in [-0.15, -0.1) is 0 Å². The molecule has 3 aliphatic rings. The zero-order chi connectivity index (χ0) is 19.4. The van der Waals surface area contributed by atoms with Crippen LogP contribution in [0.1, 0.15) is 56.1 Å². The normalized spacial score (nSPS) is 31.7. The largest absolute Gasteiger partial charge is 0.435 e. The number of likely N-dealkylation sites (tertiary alicyclic amines) is 1. The van der Waals surface area contributed by atoms with E-state index in [0.717, 1.165) is 37.9 Å².